The Morgan fingerprint density at radius 1 is 1.33 bits per heavy atom. The first kappa shape index (κ1) is 10.9. The van der Waals surface area contributed by atoms with Gasteiger partial charge in [-0.1, -0.05) is 6.07 Å². The summed E-state index contributed by atoms with van der Waals surface area (Å²) in [6, 6.07) is 3.51. The number of aryl methyl sites for hydroxylation is 1. The van der Waals surface area contributed by atoms with Crippen LogP contribution in [-0.2, 0) is 12.0 Å². The maximum absolute atomic E-state index is 13.8. The van der Waals surface area contributed by atoms with E-state index in [2.05, 4.69) is 12.2 Å². The molecule has 0 saturated heterocycles. The number of hydrogen-bond donors (Lipinski definition) is 1. The first-order chi connectivity index (χ1) is 6.73. The lowest BCUT2D eigenvalue weighted by Crippen LogP contribution is -2.34. The van der Waals surface area contributed by atoms with Gasteiger partial charge in [0.15, 0.2) is 0 Å². The van der Waals surface area contributed by atoms with Crippen LogP contribution in [-0.4, -0.2) is 6.54 Å². The van der Waals surface area contributed by atoms with Crippen LogP contribution >= 0.6 is 12.4 Å². The van der Waals surface area contributed by atoms with Gasteiger partial charge in [-0.15, -0.1) is 12.4 Å². The summed E-state index contributed by atoms with van der Waals surface area (Å²) in [5.74, 6) is 0.00426. The maximum atomic E-state index is 13.8. The van der Waals surface area contributed by atoms with E-state index in [-0.39, 0.29) is 23.6 Å². The van der Waals surface area contributed by atoms with Crippen LogP contribution < -0.4 is 5.32 Å². The minimum absolute atomic E-state index is 0. The fourth-order valence-corrected chi connectivity index (χ4v) is 2.62. The largest absolute Gasteiger partial charge is 0.312 e. The molecule has 1 saturated carbocycles. The third-order valence-corrected chi connectivity index (χ3v) is 3.65. The van der Waals surface area contributed by atoms with E-state index in [0.717, 1.165) is 31.5 Å². The monoisotopic (exact) mass is 227 g/mol. The highest BCUT2D eigenvalue weighted by molar-refractivity contribution is 5.85. The molecule has 0 bridgehead atoms. The minimum atomic E-state index is 0. The smallest absolute Gasteiger partial charge is 0.127 e. The Bertz CT molecular complexity index is 399. The van der Waals surface area contributed by atoms with Gasteiger partial charge in [0.25, 0.3) is 0 Å². The summed E-state index contributed by atoms with van der Waals surface area (Å²) < 4.78 is 13.8. The van der Waals surface area contributed by atoms with Crippen LogP contribution in [0.25, 0.3) is 0 Å². The molecule has 15 heavy (non-hydrogen) atoms. The molecule has 1 aromatic carbocycles. The summed E-state index contributed by atoms with van der Waals surface area (Å²) in [7, 11) is 0. The van der Waals surface area contributed by atoms with Gasteiger partial charge >= 0.3 is 0 Å². The molecule has 82 valence electrons. The molecule has 1 nitrogen and oxygen atoms in total. The Labute approximate surface area is 95.5 Å². The Kier molecular flexibility index (Phi) is 2.52. The lowest BCUT2D eigenvalue weighted by Gasteiger charge is -2.28. The van der Waals surface area contributed by atoms with Gasteiger partial charge in [-0.3, -0.25) is 0 Å². The Morgan fingerprint density at radius 2 is 2.07 bits per heavy atom. The van der Waals surface area contributed by atoms with Crippen molar-refractivity contribution in [1.29, 1.82) is 0 Å². The summed E-state index contributed by atoms with van der Waals surface area (Å²) in [6.45, 7) is 3.86. The highest BCUT2D eigenvalue weighted by atomic mass is 35.5. The van der Waals surface area contributed by atoms with Gasteiger partial charge in [-0.2, -0.15) is 0 Å². The standard InChI is InChI=1S/C12H14FN.ClH/c1-8-2-3-10(13)11-9(8)6-14-7-12(11)4-5-12;/h2-3,14H,4-7H2,1H3;1H. The van der Waals surface area contributed by atoms with Crippen molar-refractivity contribution in [2.24, 2.45) is 0 Å². The van der Waals surface area contributed by atoms with Crippen LogP contribution in [0.4, 0.5) is 4.39 Å². The fraction of sp³-hybridized carbons (Fsp3) is 0.500. The summed E-state index contributed by atoms with van der Waals surface area (Å²) in [6.07, 6.45) is 2.29. The molecule has 1 fully saturated rings. The number of rotatable bonds is 0. The number of benzene rings is 1. The van der Waals surface area contributed by atoms with Crippen LogP contribution in [0.1, 0.15) is 29.5 Å². The molecule has 1 aliphatic heterocycles. The molecule has 0 aromatic heterocycles. The van der Waals surface area contributed by atoms with Crippen molar-refractivity contribution in [3.63, 3.8) is 0 Å². The molecule has 0 unspecified atom stereocenters. The number of nitrogens with one attached hydrogen (secondary N) is 1. The van der Waals surface area contributed by atoms with Crippen molar-refractivity contribution in [2.45, 2.75) is 31.7 Å². The summed E-state index contributed by atoms with van der Waals surface area (Å²) in [5, 5.41) is 3.40. The van der Waals surface area contributed by atoms with Crippen molar-refractivity contribution in [3.8, 4) is 0 Å². The average Bonchev–Trinajstić information content (AvgIpc) is 2.92. The second-order valence-electron chi connectivity index (χ2n) is 4.60. The van der Waals surface area contributed by atoms with E-state index in [1.807, 2.05) is 6.07 Å². The van der Waals surface area contributed by atoms with Crippen LogP contribution in [0, 0.1) is 12.7 Å². The maximum Gasteiger partial charge on any atom is 0.127 e. The normalized spacial score (nSPS) is 20.7. The zero-order valence-electron chi connectivity index (χ0n) is 8.77. The van der Waals surface area contributed by atoms with Gasteiger partial charge in [0.1, 0.15) is 5.82 Å². The van der Waals surface area contributed by atoms with E-state index in [9.17, 15) is 4.39 Å². The Hall–Kier alpha value is -0.600. The quantitative estimate of drug-likeness (QED) is 0.719. The van der Waals surface area contributed by atoms with Crippen molar-refractivity contribution in [1.82, 2.24) is 5.32 Å². The second kappa shape index (κ2) is 3.46. The van der Waals surface area contributed by atoms with E-state index in [1.165, 1.54) is 11.1 Å². The SMILES string of the molecule is Cc1ccc(F)c2c1CNCC21CC1.Cl. The van der Waals surface area contributed by atoms with Gasteiger partial charge in [0.05, 0.1) is 0 Å². The fourth-order valence-electron chi connectivity index (χ4n) is 2.62. The molecule has 1 aliphatic carbocycles. The van der Waals surface area contributed by atoms with E-state index in [4.69, 9.17) is 0 Å². The van der Waals surface area contributed by atoms with Gasteiger partial charge in [-0.25, -0.2) is 4.39 Å². The molecule has 0 radical (unpaired) electrons. The zero-order chi connectivity index (χ0) is 9.76. The lowest BCUT2D eigenvalue weighted by molar-refractivity contribution is 0.490. The highest BCUT2D eigenvalue weighted by Gasteiger charge is 2.48. The second-order valence-corrected chi connectivity index (χ2v) is 4.60. The first-order valence-electron chi connectivity index (χ1n) is 5.22. The third kappa shape index (κ3) is 1.47. The van der Waals surface area contributed by atoms with E-state index in [1.54, 1.807) is 6.07 Å². The van der Waals surface area contributed by atoms with Gasteiger partial charge in [0, 0.05) is 24.1 Å². The third-order valence-electron chi connectivity index (χ3n) is 3.65. The highest BCUT2D eigenvalue weighted by Crippen LogP contribution is 2.51. The molecular weight excluding hydrogens is 213 g/mol. The molecule has 0 amide bonds. The topological polar surface area (TPSA) is 12.0 Å². The zero-order valence-corrected chi connectivity index (χ0v) is 9.59. The molecule has 1 spiro atoms. The van der Waals surface area contributed by atoms with Crippen LogP contribution in [0.15, 0.2) is 12.1 Å². The predicted octanol–water partition coefficient (Wildman–Crippen LogP) is 2.69. The van der Waals surface area contributed by atoms with Gasteiger partial charge in [-0.05, 0) is 37.0 Å². The molecule has 3 heteroatoms. The lowest BCUT2D eigenvalue weighted by atomic mass is 9.85. The average molecular weight is 228 g/mol. The molecule has 0 atom stereocenters. The summed E-state index contributed by atoms with van der Waals surface area (Å²) in [4.78, 5) is 0. The Morgan fingerprint density at radius 3 is 2.73 bits per heavy atom. The molecular formula is C12H15ClFN. The van der Waals surface area contributed by atoms with Crippen molar-refractivity contribution >= 4 is 12.4 Å². The van der Waals surface area contributed by atoms with Gasteiger partial charge < -0.3 is 5.32 Å². The molecule has 2 aliphatic rings. The minimum Gasteiger partial charge on any atom is -0.312 e. The molecule has 1 aromatic rings. The van der Waals surface area contributed by atoms with E-state index in [0.29, 0.717) is 0 Å². The van der Waals surface area contributed by atoms with Crippen molar-refractivity contribution in [2.75, 3.05) is 6.54 Å². The first-order valence-corrected chi connectivity index (χ1v) is 5.22. The Balaban J connectivity index is 0.000000853. The van der Waals surface area contributed by atoms with Crippen LogP contribution in [0.2, 0.25) is 0 Å². The van der Waals surface area contributed by atoms with Gasteiger partial charge in [0.2, 0.25) is 0 Å². The molecule has 1 N–H and O–H groups in total. The summed E-state index contributed by atoms with van der Waals surface area (Å²) in [5.41, 5.74) is 3.59. The number of fused-ring (bicyclic) bond motifs is 2. The number of hydrogen-bond acceptors (Lipinski definition) is 1. The van der Waals surface area contributed by atoms with E-state index >= 15 is 0 Å². The van der Waals surface area contributed by atoms with Crippen LogP contribution in [0.5, 0.6) is 0 Å². The predicted molar refractivity (Wildman–Crippen MR) is 61.0 cm³/mol. The summed E-state index contributed by atoms with van der Waals surface area (Å²) >= 11 is 0. The van der Waals surface area contributed by atoms with Crippen LogP contribution in [0.3, 0.4) is 0 Å². The van der Waals surface area contributed by atoms with Crippen molar-refractivity contribution in [3.05, 3.63) is 34.6 Å². The number of halogens is 2. The van der Waals surface area contributed by atoms with E-state index < -0.39 is 0 Å². The molecule has 3 rings (SSSR count). The van der Waals surface area contributed by atoms with Crippen molar-refractivity contribution < 1.29 is 4.39 Å². The molecule has 1 heterocycles.